The summed E-state index contributed by atoms with van der Waals surface area (Å²) in [5.41, 5.74) is 0. The molecule has 6 nitrogen and oxygen atoms in total. The molecule has 0 aromatic heterocycles. The summed E-state index contributed by atoms with van der Waals surface area (Å²) in [4.78, 5) is 37.6. The average molecular weight is 853 g/mol. The van der Waals surface area contributed by atoms with Crippen molar-refractivity contribution in [1.29, 1.82) is 0 Å². The number of hydrogen-bond donors (Lipinski definition) is 0. The Morgan fingerprint density at radius 2 is 0.639 bits per heavy atom. The molecule has 0 spiro atoms. The van der Waals surface area contributed by atoms with Gasteiger partial charge in [-0.25, -0.2) is 0 Å². The first-order chi connectivity index (χ1) is 30.0. The van der Waals surface area contributed by atoms with E-state index < -0.39 is 6.10 Å². The summed E-state index contributed by atoms with van der Waals surface area (Å²) in [6, 6.07) is 0. The molecule has 0 aliphatic rings. The molecular formula is C55H96O6. The molecule has 0 heterocycles. The van der Waals surface area contributed by atoms with E-state index in [0.717, 1.165) is 103 Å². The predicted molar refractivity (Wildman–Crippen MR) is 261 cm³/mol. The summed E-state index contributed by atoms with van der Waals surface area (Å²) in [7, 11) is 0. The van der Waals surface area contributed by atoms with Crippen molar-refractivity contribution in [2.45, 2.75) is 258 Å². The number of rotatable bonds is 46. The van der Waals surface area contributed by atoms with Crippen LogP contribution in [0.5, 0.6) is 0 Å². The molecule has 0 saturated heterocycles. The highest BCUT2D eigenvalue weighted by Crippen LogP contribution is 2.15. The normalized spacial score (nSPS) is 12.5. The molecule has 0 aromatic rings. The van der Waals surface area contributed by atoms with Gasteiger partial charge in [0.25, 0.3) is 0 Å². The molecule has 61 heavy (non-hydrogen) atoms. The minimum absolute atomic E-state index is 0.0789. The average Bonchev–Trinajstić information content (AvgIpc) is 3.26. The van der Waals surface area contributed by atoms with Crippen molar-refractivity contribution in [1.82, 2.24) is 0 Å². The molecule has 0 N–H and O–H groups in total. The quantitative estimate of drug-likeness (QED) is 0.0263. The number of esters is 3. The van der Waals surface area contributed by atoms with Gasteiger partial charge in [0, 0.05) is 19.3 Å². The van der Waals surface area contributed by atoms with Crippen LogP contribution in [-0.2, 0) is 28.6 Å². The number of allylic oxidation sites excluding steroid dienone is 10. The molecule has 0 bridgehead atoms. The molecule has 0 radical (unpaired) electrons. The lowest BCUT2D eigenvalue weighted by molar-refractivity contribution is -0.167. The van der Waals surface area contributed by atoms with Crippen LogP contribution in [0.4, 0.5) is 0 Å². The number of hydrogen-bond acceptors (Lipinski definition) is 6. The van der Waals surface area contributed by atoms with Gasteiger partial charge in [-0.1, -0.05) is 210 Å². The second-order valence-corrected chi connectivity index (χ2v) is 17.1. The fraction of sp³-hybridized carbons (Fsp3) is 0.764. The van der Waals surface area contributed by atoms with E-state index in [1.165, 1.54) is 109 Å². The third-order valence-corrected chi connectivity index (χ3v) is 11.0. The topological polar surface area (TPSA) is 78.9 Å². The van der Waals surface area contributed by atoms with Gasteiger partial charge < -0.3 is 14.2 Å². The standard InChI is InChI=1S/C55H96O6/c1-4-7-10-13-15-17-19-21-23-24-25-26-27-28-29-30-32-33-35-37-39-42-45-48-54(57)60-51-52(50-59-53(56)47-44-41-12-9-6-3)61-55(58)49-46-43-40-38-36-34-31-22-20-18-16-14-11-8-5-2/h7,10,15,17,21-23,25-26,31,52H,4-6,8-9,11-14,16,18-20,24,27-30,32-51H2,1-3H3/b10-7-,17-15-,23-21-,26-25-,31-22-. The van der Waals surface area contributed by atoms with Gasteiger partial charge in [0.05, 0.1) is 0 Å². The summed E-state index contributed by atoms with van der Waals surface area (Å²) in [5, 5.41) is 0. The first-order valence-electron chi connectivity index (χ1n) is 25.8. The zero-order valence-corrected chi connectivity index (χ0v) is 40.2. The summed E-state index contributed by atoms with van der Waals surface area (Å²) in [5.74, 6) is -0.902. The van der Waals surface area contributed by atoms with Crippen LogP contribution in [-0.4, -0.2) is 37.2 Å². The molecule has 1 unspecified atom stereocenters. The summed E-state index contributed by atoms with van der Waals surface area (Å²) < 4.78 is 16.7. The van der Waals surface area contributed by atoms with Gasteiger partial charge in [-0.2, -0.15) is 0 Å². The zero-order chi connectivity index (χ0) is 44.4. The smallest absolute Gasteiger partial charge is 0.306 e. The maximum absolute atomic E-state index is 12.7. The predicted octanol–water partition coefficient (Wildman–Crippen LogP) is 16.9. The Hall–Kier alpha value is -2.89. The lowest BCUT2D eigenvalue weighted by Gasteiger charge is -2.18. The molecular weight excluding hydrogens is 757 g/mol. The molecule has 1 atom stereocenters. The Morgan fingerprint density at radius 1 is 0.344 bits per heavy atom. The number of ether oxygens (including phenoxy) is 3. The molecule has 352 valence electrons. The monoisotopic (exact) mass is 853 g/mol. The van der Waals surface area contributed by atoms with E-state index in [-0.39, 0.29) is 31.1 Å². The second kappa shape index (κ2) is 49.8. The Balaban J connectivity index is 4.13. The van der Waals surface area contributed by atoms with E-state index in [1.54, 1.807) is 0 Å². The van der Waals surface area contributed by atoms with Gasteiger partial charge in [0.2, 0.25) is 0 Å². The first kappa shape index (κ1) is 58.1. The van der Waals surface area contributed by atoms with Crippen LogP contribution < -0.4 is 0 Å². The van der Waals surface area contributed by atoms with E-state index in [2.05, 4.69) is 81.5 Å². The molecule has 6 heteroatoms. The van der Waals surface area contributed by atoms with Crippen LogP contribution in [0, 0.1) is 0 Å². The van der Waals surface area contributed by atoms with Gasteiger partial charge in [0.1, 0.15) is 13.2 Å². The van der Waals surface area contributed by atoms with Gasteiger partial charge >= 0.3 is 17.9 Å². The first-order valence-corrected chi connectivity index (χ1v) is 25.8. The van der Waals surface area contributed by atoms with Gasteiger partial charge in [0.15, 0.2) is 6.10 Å². The van der Waals surface area contributed by atoms with E-state index in [9.17, 15) is 14.4 Å². The summed E-state index contributed by atoms with van der Waals surface area (Å²) in [6.45, 7) is 6.43. The minimum atomic E-state index is -0.775. The van der Waals surface area contributed by atoms with Gasteiger partial charge in [-0.05, 0) is 83.5 Å². The Bertz CT molecular complexity index is 1120. The molecule has 0 rings (SSSR count). The lowest BCUT2D eigenvalue weighted by atomic mass is 10.1. The third kappa shape index (κ3) is 48.0. The molecule has 0 aliphatic carbocycles. The highest BCUT2D eigenvalue weighted by Gasteiger charge is 2.19. The summed E-state index contributed by atoms with van der Waals surface area (Å²) in [6.07, 6.45) is 61.0. The van der Waals surface area contributed by atoms with Crippen LogP contribution in [0.25, 0.3) is 0 Å². The van der Waals surface area contributed by atoms with Gasteiger partial charge in [-0.15, -0.1) is 0 Å². The number of carbonyl (C=O) groups excluding carboxylic acids is 3. The molecule has 0 aliphatic heterocycles. The molecule has 0 aromatic carbocycles. The molecule has 0 fully saturated rings. The second-order valence-electron chi connectivity index (χ2n) is 17.1. The Labute approximate surface area is 377 Å². The van der Waals surface area contributed by atoms with E-state index in [4.69, 9.17) is 14.2 Å². The largest absolute Gasteiger partial charge is 0.462 e. The van der Waals surface area contributed by atoms with Gasteiger partial charge in [-0.3, -0.25) is 14.4 Å². The zero-order valence-electron chi connectivity index (χ0n) is 40.2. The van der Waals surface area contributed by atoms with Crippen molar-refractivity contribution >= 4 is 17.9 Å². The SMILES string of the molecule is CC/C=C\C/C=C\C/C=C\C/C=C\CCCCCCCCCCCCC(=O)OCC(COC(=O)CCCCCCC)OC(=O)CCCCCCC/C=C\CCCCCCCC. The van der Waals surface area contributed by atoms with Crippen molar-refractivity contribution in [2.75, 3.05) is 13.2 Å². The minimum Gasteiger partial charge on any atom is -0.462 e. The number of carbonyl (C=O) groups is 3. The Morgan fingerprint density at radius 3 is 1.02 bits per heavy atom. The van der Waals surface area contributed by atoms with Crippen LogP contribution >= 0.6 is 0 Å². The fourth-order valence-electron chi connectivity index (χ4n) is 7.13. The van der Waals surface area contributed by atoms with E-state index in [1.807, 2.05) is 0 Å². The van der Waals surface area contributed by atoms with Crippen molar-refractivity contribution in [3.05, 3.63) is 60.8 Å². The lowest BCUT2D eigenvalue weighted by Crippen LogP contribution is -2.30. The highest BCUT2D eigenvalue weighted by molar-refractivity contribution is 5.71. The molecule has 0 amide bonds. The maximum Gasteiger partial charge on any atom is 0.306 e. The van der Waals surface area contributed by atoms with E-state index >= 15 is 0 Å². The summed E-state index contributed by atoms with van der Waals surface area (Å²) >= 11 is 0. The van der Waals surface area contributed by atoms with Crippen molar-refractivity contribution in [2.24, 2.45) is 0 Å². The van der Waals surface area contributed by atoms with Crippen molar-refractivity contribution in [3.8, 4) is 0 Å². The fourth-order valence-corrected chi connectivity index (χ4v) is 7.13. The van der Waals surface area contributed by atoms with Crippen molar-refractivity contribution in [3.63, 3.8) is 0 Å². The highest BCUT2D eigenvalue weighted by atomic mass is 16.6. The molecule has 0 saturated carbocycles. The Kier molecular flexibility index (Phi) is 47.4. The van der Waals surface area contributed by atoms with Crippen LogP contribution in [0.15, 0.2) is 60.8 Å². The van der Waals surface area contributed by atoms with Crippen LogP contribution in [0.2, 0.25) is 0 Å². The van der Waals surface area contributed by atoms with Crippen molar-refractivity contribution < 1.29 is 28.6 Å². The maximum atomic E-state index is 12.7. The third-order valence-electron chi connectivity index (χ3n) is 11.0. The number of unbranched alkanes of at least 4 members (excludes halogenated alkanes) is 25. The van der Waals surface area contributed by atoms with E-state index in [0.29, 0.717) is 19.3 Å². The van der Waals surface area contributed by atoms with Crippen LogP contribution in [0.1, 0.15) is 252 Å². The van der Waals surface area contributed by atoms with Crippen LogP contribution in [0.3, 0.4) is 0 Å².